The van der Waals surface area contributed by atoms with Crippen molar-refractivity contribution in [2.75, 3.05) is 26.3 Å². The van der Waals surface area contributed by atoms with E-state index in [-0.39, 0.29) is 12.5 Å². The Labute approximate surface area is 78.8 Å². The Kier molecular flexibility index (Phi) is 4.18. The van der Waals surface area contributed by atoms with E-state index in [2.05, 4.69) is 12.2 Å². The summed E-state index contributed by atoms with van der Waals surface area (Å²) in [5.41, 5.74) is 5.21. The summed E-state index contributed by atoms with van der Waals surface area (Å²) in [7, 11) is 0. The molecule has 3 N–H and O–H groups in total. The lowest BCUT2D eigenvalue weighted by Gasteiger charge is -2.04. The Morgan fingerprint density at radius 2 is 2.38 bits per heavy atom. The molecule has 1 saturated carbocycles. The van der Waals surface area contributed by atoms with Gasteiger partial charge in [-0.3, -0.25) is 4.79 Å². The van der Waals surface area contributed by atoms with Gasteiger partial charge < -0.3 is 15.8 Å². The number of amides is 1. The van der Waals surface area contributed by atoms with E-state index in [0.717, 1.165) is 12.5 Å². The van der Waals surface area contributed by atoms with Crippen LogP contribution in [0.15, 0.2) is 0 Å². The first-order valence-corrected chi connectivity index (χ1v) is 4.78. The van der Waals surface area contributed by atoms with Crippen LogP contribution in [0.1, 0.15) is 13.3 Å². The van der Waals surface area contributed by atoms with Crippen LogP contribution in [-0.2, 0) is 9.53 Å². The molecule has 0 bridgehead atoms. The molecule has 2 atom stereocenters. The molecule has 0 saturated heterocycles. The minimum absolute atomic E-state index is 0.0347. The van der Waals surface area contributed by atoms with Gasteiger partial charge in [-0.15, -0.1) is 0 Å². The van der Waals surface area contributed by atoms with E-state index in [1.165, 1.54) is 6.42 Å². The predicted octanol–water partition coefficient (Wildman–Crippen LogP) is -0.266. The summed E-state index contributed by atoms with van der Waals surface area (Å²) >= 11 is 0. The molecule has 0 aromatic heterocycles. The first-order chi connectivity index (χ1) is 6.24. The molecule has 1 rings (SSSR count). The minimum atomic E-state index is -0.0347. The second-order valence-electron chi connectivity index (χ2n) is 3.62. The Morgan fingerprint density at radius 1 is 1.69 bits per heavy atom. The number of rotatable bonds is 6. The molecule has 0 heterocycles. The highest BCUT2D eigenvalue weighted by Crippen LogP contribution is 2.36. The minimum Gasteiger partial charge on any atom is -0.370 e. The molecule has 4 nitrogen and oxygen atoms in total. The smallest absolute Gasteiger partial charge is 0.246 e. The van der Waals surface area contributed by atoms with Crippen LogP contribution in [0.3, 0.4) is 0 Å². The summed E-state index contributed by atoms with van der Waals surface area (Å²) < 4.78 is 4.99. The SMILES string of the molecule is CC1CC1CNC(=O)COCCN. The maximum Gasteiger partial charge on any atom is 0.246 e. The van der Waals surface area contributed by atoms with Crippen LogP contribution >= 0.6 is 0 Å². The van der Waals surface area contributed by atoms with Gasteiger partial charge in [-0.05, 0) is 18.3 Å². The average Bonchev–Trinajstić information content (AvgIpc) is 2.79. The normalized spacial score (nSPS) is 25.7. The van der Waals surface area contributed by atoms with Crippen molar-refractivity contribution in [2.24, 2.45) is 17.6 Å². The second-order valence-corrected chi connectivity index (χ2v) is 3.62. The maximum absolute atomic E-state index is 11.1. The van der Waals surface area contributed by atoms with Crippen molar-refractivity contribution in [1.29, 1.82) is 0 Å². The van der Waals surface area contributed by atoms with E-state index < -0.39 is 0 Å². The van der Waals surface area contributed by atoms with Crippen molar-refractivity contribution < 1.29 is 9.53 Å². The lowest BCUT2D eigenvalue weighted by atomic mass is 10.3. The Balaban J connectivity index is 1.92. The first-order valence-electron chi connectivity index (χ1n) is 4.78. The van der Waals surface area contributed by atoms with E-state index in [9.17, 15) is 4.79 Å². The van der Waals surface area contributed by atoms with Crippen molar-refractivity contribution in [3.63, 3.8) is 0 Å². The lowest BCUT2D eigenvalue weighted by Crippen LogP contribution is -2.30. The highest BCUT2D eigenvalue weighted by molar-refractivity contribution is 5.77. The topological polar surface area (TPSA) is 64.3 Å². The third kappa shape index (κ3) is 4.24. The van der Waals surface area contributed by atoms with Gasteiger partial charge in [0.2, 0.25) is 5.91 Å². The van der Waals surface area contributed by atoms with Crippen LogP contribution in [0, 0.1) is 11.8 Å². The Hall–Kier alpha value is -0.610. The Morgan fingerprint density at radius 3 is 2.92 bits per heavy atom. The monoisotopic (exact) mass is 186 g/mol. The van der Waals surface area contributed by atoms with Crippen molar-refractivity contribution >= 4 is 5.91 Å². The van der Waals surface area contributed by atoms with Gasteiger partial charge in [0.25, 0.3) is 0 Å². The zero-order valence-electron chi connectivity index (χ0n) is 8.08. The second kappa shape index (κ2) is 5.19. The summed E-state index contributed by atoms with van der Waals surface area (Å²) in [6.07, 6.45) is 1.24. The van der Waals surface area contributed by atoms with Gasteiger partial charge in [-0.25, -0.2) is 0 Å². The van der Waals surface area contributed by atoms with Gasteiger partial charge in [-0.1, -0.05) is 6.92 Å². The summed E-state index contributed by atoms with van der Waals surface area (Å²) in [6, 6.07) is 0. The summed E-state index contributed by atoms with van der Waals surface area (Å²) in [6.45, 7) is 4.05. The van der Waals surface area contributed by atoms with Gasteiger partial charge in [0.15, 0.2) is 0 Å². The van der Waals surface area contributed by atoms with E-state index in [1.807, 2.05) is 0 Å². The number of nitrogens with two attached hydrogens (primary N) is 1. The maximum atomic E-state index is 11.1. The van der Waals surface area contributed by atoms with Crippen LogP contribution in [0.4, 0.5) is 0 Å². The number of hydrogen-bond acceptors (Lipinski definition) is 3. The third-order valence-corrected chi connectivity index (χ3v) is 2.33. The predicted molar refractivity (Wildman–Crippen MR) is 50.2 cm³/mol. The standard InChI is InChI=1S/C9H18N2O2/c1-7-4-8(7)5-11-9(12)6-13-3-2-10/h7-8H,2-6,10H2,1H3,(H,11,12). The van der Waals surface area contributed by atoms with Crippen LogP contribution in [0.5, 0.6) is 0 Å². The van der Waals surface area contributed by atoms with E-state index in [4.69, 9.17) is 10.5 Å². The largest absolute Gasteiger partial charge is 0.370 e. The molecule has 0 spiro atoms. The highest BCUT2D eigenvalue weighted by atomic mass is 16.5. The molecule has 0 radical (unpaired) electrons. The molecule has 4 heteroatoms. The van der Waals surface area contributed by atoms with Gasteiger partial charge in [0.05, 0.1) is 6.61 Å². The molecule has 0 aromatic rings. The fourth-order valence-electron chi connectivity index (χ4n) is 1.23. The fourth-order valence-corrected chi connectivity index (χ4v) is 1.23. The molecular weight excluding hydrogens is 168 g/mol. The molecule has 1 fully saturated rings. The van der Waals surface area contributed by atoms with Gasteiger partial charge in [-0.2, -0.15) is 0 Å². The molecule has 1 amide bonds. The molecule has 2 unspecified atom stereocenters. The van der Waals surface area contributed by atoms with Crippen LogP contribution in [0.2, 0.25) is 0 Å². The Bertz CT molecular complexity index is 173. The summed E-state index contributed by atoms with van der Waals surface area (Å²) in [5, 5.41) is 2.83. The lowest BCUT2D eigenvalue weighted by molar-refractivity contribution is -0.125. The van der Waals surface area contributed by atoms with E-state index >= 15 is 0 Å². The van der Waals surface area contributed by atoms with Crippen LogP contribution < -0.4 is 11.1 Å². The molecule has 1 aliphatic carbocycles. The van der Waals surface area contributed by atoms with Gasteiger partial charge >= 0.3 is 0 Å². The van der Waals surface area contributed by atoms with Gasteiger partial charge in [0.1, 0.15) is 6.61 Å². The molecular formula is C9H18N2O2. The average molecular weight is 186 g/mol. The number of carbonyl (C=O) groups is 1. The molecule has 1 aliphatic rings. The summed E-state index contributed by atoms with van der Waals surface area (Å²) in [5.74, 6) is 1.44. The number of carbonyl (C=O) groups excluding carboxylic acids is 1. The zero-order valence-corrected chi connectivity index (χ0v) is 8.08. The van der Waals surface area contributed by atoms with E-state index in [1.54, 1.807) is 0 Å². The van der Waals surface area contributed by atoms with Crippen LogP contribution in [0.25, 0.3) is 0 Å². The molecule has 0 aromatic carbocycles. The highest BCUT2D eigenvalue weighted by Gasteiger charge is 2.32. The molecule has 76 valence electrons. The summed E-state index contributed by atoms with van der Waals surface area (Å²) in [4.78, 5) is 11.1. The van der Waals surface area contributed by atoms with E-state index in [0.29, 0.717) is 19.1 Å². The number of nitrogens with one attached hydrogen (secondary N) is 1. The van der Waals surface area contributed by atoms with Crippen molar-refractivity contribution in [3.8, 4) is 0 Å². The molecule has 13 heavy (non-hydrogen) atoms. The number of ether oxygens (including phenoxy) is 1. The van der Waals surface area contributed by atoms with Crippen LogP contribution in [-0.4, -0.2) is 32.2 Å². The fraction of sp³-hybridized carbons (Fsp3) is 0.889. The third-order valence-electron chi connectivity index (χ3n) is 2.33. The zero-order chi connectivity index (χ0) is 9.68. The quantitative estimate of drug-likeness (QED) is 0.561. The number of hydrogen-bond donors (Lipinski definition) is 2. The van der Waals surface area contributed by atoms with Gasteiger partial charge in [0, 0.05) is 13.1 Å². The van der Waals surface area contributed by atoms with Crippen molar-refractivity contribution in [1.82, 2.24) is 5.32 Å². The van der Waals surface area contributed by atoms with Crippen molar-refractivity contribution in [2.45, 2.75) is 13.3 Å². The van der Waals surface area contributed by atoms with Crippen molar-refractivity contribution in [3.05, 3.63) is 0 Å². The first kappa shape index (κ1) is 10.5. The molecule has 0 aliphatic heterocycles.